The number of fused-ring (bicyclic) bond motifs is 2. The highest BCUT2D eigenvalue weighted by Crippen LogP contribution is 2.37. The number of nitrogens with zero attached hydrogens (tertiary/aromatic N) is 6. The Labute approximate surface area is 367 Å². The number of ether oxygens (including phenoxy) is 1. The van der Waals surface area contributed by atoms with Gasteiger partial charge in [-0.15, -0.1) is 0 Å². The molecule has 15 heteroatoms. The lowest BCUT2D eigenvalue weighted by Gasteiger charge is -2.40. The Kier molecular flexibility index (Phi) is 11.8. The third kappa shape index (κ3) is 8.78. The number of urea groups is 1. The second-order valence-corrected chi connectivity index (χ2v) is 16.9. The normalized spacial score (nSPS) is 17.5. The maximum atomic E-state index is 13.0. The maximum absolute atomic E-state index is 13.0. The molecule has 1 unspecified atom stereocenters. The van der Waals surface area contributed by atoms with Gasteiger partial charge >= 0.3 is 6.03 Å². The summed E-state index contributed by atoms with van der Waals surface area (Å²) in [6.45, 7) is 10.00. The minimum Gasteiger partial charge on any atom is -0.496 e. The molecule has 5 heterocycles. The number of rotatable bonds is 11. The van der Waals surface area contributed by atoms with Gasteiger partial charge in [0.1, 0.15) is 22.8 Å². The largest absolute Gasteiger partial charge is 0.496 e. The number of piperazine rings is 1. The molecule has 5 amide bonds. The first-order valence-corrected chi connectivity index (χ1v) is 21.9. The van der Waals surface area contributed by atoms with E-state index in [2.05, 4.69) is 61.0 Å². The standard InChI is InChI=1S/C48H54N10O5/c1-31(50-47(61)39-5-3-4-6-41(39)63-2)33-7-9-34(10-8-33)44-43(45(49)60)46-51-40-16-15-38(29-35(40)19-24-58(46)53-44)56-27-25-54(26-28-56)30-32-17-21-55(22-18-32)36-11-13-37(14-12-36)57-23-20-42(59)52-48(57)62/h3-16,29,31-32,51H,17-28,30H2,1-2H3,(H2,49,60)(H,50,61)(H,52,59,62). The van der Waals surface area contributed by atoms with Gasteiger partial charge in [-0.3, -0.25) is 29.5 Å². The van der Waals surface area contributed by atoms with Crippen molar-refractivity contribution in [1.29, 1.82) is 0 Å². The molecule has 4 aliphatic rings. The molecule has 326 valence electrons. The highest BCUT2D eigenvalue weighted by Gasteiger charge is 2.29. The number of nitrogens with two attached hydrogens (primary N) is 1. The third-order valence-electron chi connectivity index (χ3n) is 13.0. The summed E-state index contributed by atoms with van der Waals surface area (Å²) in [6, 6.07) is 28.8. The van der Waals surface area contributed by atoms with Crippen LogP contribution in [0.3, 0.4) is 0 Å². The minimum atomic E-state index is -0.555. The average molecular weight is 851 g/mol. The SMILES string of the molecule is COc1ccccc1C(=O)NC(C)c1ccc(-c2nn3c(c2C(N)=O)Nc2ccc(N4CCN(CC5CCN(c6ccc(N7CCC(=O)NC7=O)cc6)CC5)CC4)cc2CC3)cc1. The Morgan fingerprint density at radius 3 is 2.22 bits per heavy atom. The topological polar surface area (TPSA) is 170 Å². The van der Waals surface area contributed by atoms with Crippen LogP contribution in [0.15, 0.2) is 91.0 Å². The van der Waals surface area contributed by atoms with Crippen molar-refractivity contribution in [2.75, 3.05) is 79.5 Å². The molecule has 1 aromatic heterocycles. The summed E-state index contributed by atoms with van der Waals surface area (Å²) in [5.74, 6) is 0.751. The lowest BCUT2D eigenvalue weighted by Crippen LogP contribution is -2.49. The van der Waals surface area contributed by atoms with E-state index in [1.54, 1.807) is 30.2 Å². The molecular weight excluding hydrogens is 797 g/mol. The third-order valence-corrected chi connectivity index (χ3v) is 13.0. The van der Waals surface area contributed by atoms with Crippen molar-refractivity contribution < 1.29 is 23.9 Å². The number of hydrogen-bond acceptors (Lipinski definition) is 10. The van der Waals surface area contributed by atoms with E-state index in [0.29, 0.717) is 53.8 Å². The van der Waals surface area contributed by atoms with Crippen LogP contribution >= 0.6 is 0 Å². The molecule has 63 heavy (non-hydrogen) atoms. The molecular formula is C48H54N10O5. The quantitative estimate of drug-likeness (QED) is 0.125. The minimum absolute atomic E-state index is 0.224. The number of aryl methyl sites for hydroxylation is 2. The Bertz CT molecular complexity index is 2510. The summed E-state index contributed by atoms with van der Waals surface area (Å²) in [7, 11) is 1.54. The van der Waals surface area contributed by atoms with Crippen molar-refractivity contribution in [1.82, 2.24) is 25.3 Å². The van der Waals surface area contributed by atoms with Gasteiger partial charge in [-0.05, 0) is 97.8 Å². The summed E-state index contributed by atoms with van der Waals surface area (Å²) in [5, 5.41) is 13.9. The molecule has 3 fully saturated rings. The molecule has 1 atom stereocenters. The van der Waals surface area contributed by atoms with Crippen molar-refractivity contribution in [3.05, 3.63) is 113 Å². The Balaban J connectivity index is 0.779. The van der Waals surface area contributed by atoms with Crippen LogP contribution in [0.5, 0.6) is 5.75 Å². The van der Waals surface area contributed by atoms with E-state index in [9.17, 15) is 19.2 Å². The van der Waals surface area contributed by atoms with E-state index in [1.165, 1.54) is 16.9 Å². The number of methoxy groups -OCH3 is 1. The number of benzene rings is 4. The smallest absolute Gasteiger partial charge is 0.328 e. The fourth-order valence-electron chi connectivity index (χ4n) is 9.35. The summed E-state index contributed by atoms with van der Waals surface area (Å²) >= 11 is 0. The monoisotopic (exact) mass is 850 g/mol. The summed E-state index contributed by atoms with van der Waals surface area (Å²) in [5.41, 5.74) is 14.3. The zero-order chi connectivity index (χ0) is 43.6. The van der Waals surface area contributed by atoms with Gasteiger partial charge in [0.05, 0.1) is 18.7 Å². The van der Waals surface area contributed by atoms with E-state index in [-0.39, 0.29) is 23.9 Å². The second-order valence-electron chi connectivity index (χ2n) is 16.9. The molecule has 4 aliphatic heterocycles. The number of carbonyl (C=O) groups is 4. The molecule has 9 rings (SSSR count). The zero-order valence-electron chi connectivity index (χ0n) is 35.8. The lowest BCUT2D eigenvalue weighted by atomic mass is 9.95. The van der Waals surface area contributed by atoms with Crippen LogP contribution in [0.4, 0.5) is 33.4 Å². The summed E-state index contributed by atoms with van der Waals surface area (Å²) in [6.07, 6.45) is 3.35. The first-order chi connectivity index (χ1) is 30.6. The molecule has 0 bridgehead atoms. The molecule has 5 N–H and O–H groups in total. The van der Waals surface area contributed by atoms with E-state index < -0.39 is 5.91 Å². The summed E-state index contributed by atoms with van der Waals surface area (Å²) < 4.78 is 7.21. The summed E-state index contributed by atoms with van der Waals surface area (Å²) in [4.78, 5) is 59.0. The predicted molar refractivity (Wildman–Crippen MR) is 244 cm³/mol. The first-order valence-electron chi connectivity index (χ1n) is 21.9. The number of imide groups is 1. The van der Waals surface area contributed by atoms with Gasteiger partial charge in [0.2, 0.25) is 5.91 Å². The fourth-order valence-corrected chi connectivity index (χ4v) is 9.35. The van der Waals surface area contributed by atoms with Crippen LogP contribution < -0.4 is 41.1 Å². The van der Waals surface area contributed by atoms with Crippen molar-refractivity contribution in [3.8, 4) is 17.0 Å². The van der Waals surface area contributed by atoms with Crippen LogP contribution in [-0.4, -0.2) is 97.9 Å². The fraction of sp³-hybridized carbons (Fsp3) is 0.354. The van der Waals surface area contributed by atoms with Crippen LogP contribution in [0.2, 0.25) is 0 Å². The van der Waals surface area contributed by atoms with E-state index >= 15 is 0 Å². The van der Waals surface area contributed by atoms with Gasteiger partial charge < -0.3 is 30.9 Å². The Hall–Kier alpha value is -6.87. The van der Waals surface area contributed by atoms with Crippen molar-refractivity contribution in [2.24, 2.45) is 11.7 Å². The van der Waals surface area contributed by atoms with Gasteiger partial charge in [0, 0.05) is 93.6 Å². The van der Waals surface area contributed by atoms with Gasteiger partial charge in [-0.25, -0.2) is 9.48 Å². The number of piperidine rings is 1. The lowest BCUT2D eigenvalue weighted by molar-refractivity contribution is -0.120. The number of amides is 5. The number of nitrogens with one attached hydrogen (secondary N) is 3. The molecule has 0 radical (unpaired) electrons. The number of carbonyl (C=O) groups excluding carboxylic acids is 4. The Morgan fingerprint density at radius 1 is 0.810 bits per heavy atom. The van der Waals surface area contributed by atoms with Crippen LogP contribution in [0.25, 0.3) is 11.3 Å². The molecule has 15 nitrogen and oxygen atoms in total. The number of hydrogen-bond donors (Lipinski definition) is 4. The molecule has 3 saturated heterocycles. The van der Waals surface area contributed by atoms with Crippen molar-refractivity contribution in [2.45, 2.75) is 45.2 Å². The van der Waals surface area contributed by atoms with E-state index in [0.717, 1.165) is 87.6 Å². The van der Waals surface area contributed by atoms with Gasteiger partial charge in [0.25, 0.3) is 11.8 Å². The van der Waals surface area contributed by atoms with Crippen LogP contribution in [0, 0.1) is 5.92 Å². The predicted octanol–water partition coefficient (Wildman–Crippen LogP) is 5.93. The second kappa shape index (κ2) is 17.8. The average Bonchev–Trinajstić information content (AvgIpc) is 3.57. The molecule has 4 aromatic carbocycles. The van der Waals surface area contributed by atoms with E-state index in [1.807, 2.05) is 54.1 Å². The van der Waals surface area contributed by atoms with Crippen LogP contribution in [0.1, 0.15) is 64.1 Å². The molecule has 0 spiro atoms. The molecule has 0 aliphatic carbocycles. The number of primary amides is 1. The zero-order valence-corrected chi connectivity index (χ0v) is 35.8. The molecule has 0 saturated carbocycles. The Morgan fingerprint density at radius 2 is 1.51 bits per heavy atom. The first kappa shape index (κ1) is 41.5. The maximum Gasteiger partial charge on any atom is 0.328 e. The number of aromatic nitrogens is 2. The number of para-hydroxylation sites is 1. The van der Waals surface area contributed by atoms with Gasteiger partial charge in [0.15, 0.2) is 0 Å². The van der Waals surface area contributed by atoms with Crippen LogP contribution in [-0.2, 0) is 17.8 Å². The highest BCUT2D eigenvalue weighted by atomic mass is 16.5. The van der Waals surface area contributed by atoms with Gasteiger partial charge in [-0.2, -0.15) is 5.10 Å². The highest BCUT2D eigenvalue weighted by molar-refractivity contribution is 6.06. The molecule has 5 aromatic rings. The van der Waals surface area contributed by atoms with Crippen molar-refractivity contribution >= 4 is 52.3 Å². The number of anilines is 5. The van der Waals surface area contributed by atoms with Gasteiger partial charge in [-0.1, -0.05) is 36.4 Å². The van der Waals surface area contributed by atoms with E-state index in [4.69, 9.17) is 15.6 Å². The van der Waals surface area contributed by atoms with Crippen molar-refractivity contribution in [3.63, 3.8) is 0 Å².